The highest BCUT2D eigenvalue weighted by Gasteiger charge is 2.17. The van der Waals surface area contributed by atoms with Crippen LogP contribution < -0.4 is 16.0 Å². The van der Waals surface area contributed by atoms with Crippen molar-refractivity contribution in [1.82, 2.24) is 15.6 Å². The molecule has 34 heavy (non-hydrogen) atoms. The summed E-state index contributed by atoms with van der Waals surface area (Å²) in [5.41, 5.74) is 1.58. The molecule has 0 aliphatic heterocycles. The number of para-hydroxylation sites is 1. The fourth-order valence-electron chi connectivity index (χ4n) is 2.82. The van der Waals surface area contributed by atoms with Crippen molar-refractivity contribution in [3.05, 3.63) is 94.2 Å². The predicted octanol–water partition coefficient (Wildman–Crippen LogP) is 3.06. The summed E-state index contributed by atoms with van der Waals surface area (Å²) in [7, 11) is 0. The number of aromatic nitrogens is 1. The molecule has 0 aliphatic carbocycles. The second kappa shape index (κ2) is 12.3. The molecule has 3 aromatic rings. The molecule has 0 bridgehead atoms. The zero-order chi connectivity index (χ0) is 24.3. The van der Waals surface area contributed by atoms with Crippen LogP contribution in [0.1, 0.15) is 21.6 Å². The molecular formula is C24H21BrN4O5. The van der Waals surface area contributed by atoms with Gasteiger partial charge in [-0.25, -0.2) is 4.79 Å². The Morgan fingerprint density at radius 3 is 2.32 bits per heavy atom. The van der Waals surface area contributed by atoms with Crippen LogP contribution in [-0.4, -0.2) is 41.8 Å². The first-order valence-electron chi connectivity index (χ1n) is 10.2. The highest BCUT2D eigenvalue weighted by atomic mass is 79.9. The summed E-state index contributed by atoms with van der Waals surface area (Å²) < 4.78 is 5.71. The molecule has 3 N–H and O–H groups in total. The third kappa shape index (κ3) is 7.52. The maximum absolute atomic E-state index is 12.8. The summed E-state index contributed by atoms with van der Waals surface area (Å²) >= 11 is 3.30. The Labute approximate surface area is 204 Å². The zero-order valence-corrected chi connectivity index (χ0v) is 19.5. The van der Waals surface area contributed by atoms with Crippen molar-refractivity contribution in [3.8, 4) is 0 Å². The average molecular weight is 525 g/mol. The summed E-state index contributed by atoms with van der Waals surface area (Å²) in [6.07, 6.45) is 0.747. The van der Waals surface area contributed by atoms with E-state index in [-0.39, 0.29) is 42.4 Å². The molecule has 9 nitrogen and oxygen atoms in total. The fraction of sp³-hybridized carbons (Fsp3) is 0.125. The van der Waals surface area contributed by atoms with Gasteiger partial charge in [0, 0.05) is 16.2 Å². The van der Waals surface area contributed by atoms with Gasteiger partial charge in [0.25, 0.3) is 0 Å². The smallest absolute Gasteiger partial charge is 0.407 e. The Morgan fingerprint density at radius 1 is 0.853 bits per heavy atom. The van der Waals surface area contributed by atoms with Crippen LogP contribution in [0.5, 0.6) is 0 Å². The van der Waals surface area contributed by atoms with E-state index in [4.69, 9.17) is 4.74 Å². The first-order chi connectivity index (χ1) is 16.4. The molecule has 2 aromatic carbocycles. The second-order valence-corrected chi connectivity index (χ2v) is 7.89. The molecule has 1 aromatic heterocycles. The van der Waals surface area contributed by atoms with E-state index in [1.54, 1.807) is 48.5 Å². The van der Waals surface area contributed by atoms with Gasteiger partial charge >= 0.3 is 6.09 Å². The van der Waals surface area contributed by atoms with Crippen LogP contribution in [0.3, 0.4) is 0 Å². The van der Waals surface area contributed by atoms with Gasteiger partial charge in [-0.1, -0.05) is 58.4 Å². The number of carbonyl (C=O) groups excluding carboxylic acids is 4. The van der Waals surface area contributed by atoms with Crippen molar-refractivity contribution in [1.29, 1.82) is 0 Å². The molecule has 0 fully saturated rings. The van der Waals surface area contributed by atoms with Crippen LogP contribution in [0.4, 0.5) is 10.5 Å². The summed E-state index contributed by atoms with van der Waals surface area (Å²) in [6.45, 7) is -0.633. The Kier molecular flexibility index (Phi) is 8.87. The maximum atomic E-state index is 12.8. The molecule has 174 valence electrons. The molecule has 0 atom stereocenters. The molecule has 1 heterocycles. The van der Waals surface area contributed by atoms with Crippen LogP contribution in [0.2, 0.25) is 0 Å². The van der Waals surface area contributed by atoms with E-state index in [2.05, 4.69) is 36.9 Å². The van der Waals surface area contributed by atoms with E-state index in [9.17, 15) is 19.2 Å². The third-order valence-electron chi connectivity index (χ3n) is 4.45. The Morgan fingerprint density at radius 2 is 1.56 bits per heavy atom. The third-order valence-corrected chi connectivity index (χ3v) is 4.95. The van der Waals surface area contributed by atoms with Crippen LogP contribution in [0, 0.1) is 0 Å². The van der Waals surface area contributed by atoms with Crippen LogP contribution in [0.15, 0.2) is 77.4 Å². The standard InChI is InChI=1S/C24H21BrN4O5/c25-17-10-11-26-20(12-17)23(32)18-8-4-5-9-19(18)29-22(31)14-27-21(30)13-28-24(33)34-15-16-6-2-1-3-7-16/h1-12H,13-15H2,(H,27,30)(H,28,33)(H,29,31). The van der Waals surface area contributed by atoms with Gasteiger partial charge in [-0.15, -0.1) is 0 Å². The lowest BCUT2D eigenvalue weighted by Crippen LogP contribution is -2.40. The van der Waals surface area contributed by atoms with E-state index in [0.29, 0.717) is 4.47 Å². The maximum Gasteiger partial charge on any atom is 0.407 e. The van der Waals surface area contributed by atoms with Gasteiger partial charge < -0.3 is 20.7 Å². The van der Waals surface area contributed by atoms with E-state index >= 15 is 0 Å². The van der Waals surface area contributed by atoms with Gasteiger partial charge in [0.2, 0.25) is 17.6 Å². The van der Waals surface area contributed by atoms with Crippen LogP contribution in [-0.2, 0) is 20.9 Å². The quantitative estimate of drug-likeness (QED) is 0.369. The SMILES string of the molecule is O=C(CNC(=O)OCc1ccccc1)NCC(=O)Nc1ccccc1C(=O)c1cc(Br)ccn1. The number of ether oxygens (including phenoxy) is 1. The van der Waals surface area contributed by atoms with Crippen molar-refractivity contribution in [2.75, 3.05) is 18.4 Å². The van der Waals surface area contributed by atoms with E-state index in [1.165, 1.54) is 6.20 Å². The summed E-state index contributed by atoms with van der Waals surface area (Å²) in [5.74, 6) is -1.48. The second-order valence-electron chi connectivity index (χ2n) is 6.97. The summed E-state index contributed by atoms with van der Waals surface area (Å²) in [4.78, 5) is 52.8. The Balaban J connectivity index is 1.45. The van der Waals surface area contributed by atoms with Crippen molar-refractivity contribution in [2.24, 2.45) is 0 Å². The van der Waals surface area contributed by atoms with Gasteiger partial charge in [0.05, 0.1) is 12.2 Å². The number of anilines is 1. The summed E-state index contributed by atoms with van der Waals surface area (Å²) in [5, 5.41) is 7.32. The number of rotatable bonds is 9. The monoisotopic (exact) mass is 524 g/mol. The minimum Gasteiger partial charge on any atom is -0.445 e. The van der Waals surface area contributed by atoms with Crippen LogP contribution in [0.25, 0.3) is 0 Å². The molecule has 0 aliphatic rings. The predicted molar refractivity (Wildman–Crippen MR) is 128 cm³/mol. The Hall–Kier alpha value is -4.05. The molecule has 10 heteroatoms. The number of ketones is 1. The van der Waals surface area contributed by atoms with Crippen molar-refractivity contribution >= 4 is 45.3 Å². The lowest BCUT2D eigenvalue weighted by molar-refractivity contribution is -0.123. The van der Waals surface area contributed by atoms with E-state index < -0.39 is 17.9 Å². The largest absolute Gasteiger partial charge is 0.445 e. The van der Waals surface area contributed by atoms with Crippen LogP contribution >= 0.6 is 15.9 Å². The number of carbonyl (C=O) groups is 4. The van der Waals surface area contributed by atoms with Gasteiger partial charge in [0.15, 0.2) is 0 Å². The topological polar surface area (TPSA) is 126 Å². The van der Waals surface area contributed by atoms with Gasteiger partial charge in [-0.2, -0.15) is 0 Å². The number of benzene rings is 2. The van der Waals surface area contributed by atoms with Gasteiger partial charge in [-0.3, -0.25) is 19.4 Å². The lowest BCUT2D eigenvalue weighted by Gasteiger charge is -2.11. The van der Waals surface area contributed by atoms with Crippen molar-refractivity contribution < 1.29 is 23.9 Å². The van der Waals surface area contributed by atoms with Crippen molar-refractivity contribution in [2.45, 2.75) is 6.61 Å². The first kappa shape index (κ1) is 24.6. The molecule has 0 saturated carbocycles. The van der Waals surface area contributed by atoms with Gasteiger partial charge in [0.1, 0.15) is 18.8 Å². The highest BCUT2D eigenvalue weighted by Crippen LogP contribution is 2.20. The number of alkyl carbamates (subject to hydrolysis) is 1. The minimum absolute atomic E-state index is 0.0737. The number of halogens is 1. The molecule has 3 rings (SSSR count). The number of hydrogen-bond acceptors (Lipinski definition) is 6. The highest BCUT2D eigenvalue weighted by molar-refractivity contribution is 9.10. The van der Waals surface area contributed by atoms with Crippen molar-refractivity contribution in [3.63, 3.8) is 0 Å². The first-order valence-corrected chi connectivity index (χ1v) is 11.0. The molecule has 0 saturated heterocycles. The molecule has 3 amide bonds. The van der Waals surface area contributed by atoms with Gasteiger partial charge in [-0.05, 0) is 29.8 Å². The molecule has 0 spiro atoms. The summed E-state index contributed by atoms with van der Waals surface area (Å²) in [6, 6.07) is 18.9. The Bertz CT molecular complexity index is 1190. The lowest BCUT2D eigenvalue weighted by atomic mass is 10.1. The number of nitrogens with one attached hydrogen (secondary N) is 3. The molecule has 0 unspecified atom stereocenters. The number of hydrogen-bond donors (Lipinski definition) is 3. The number of pyridine rings is 1. The number of amides is 3. The molecular weight excluding hydrogens is 504 g/mol. The van der Waals surface area contributed by atoms with E-state index in [1.807, 2.05) is 18.2 Å². The molecule has 0 radical (unpaired) electrons. The fourth-order valence-corrected chi connectivity index (χ4v) is 3.15. The zero-order valence-electron chi connectivity index (χ0n) is 17.9. The normalized spacial score (nSPS) is 10.1. The van der Waals surface area contributed by atoms with E-state index in [0.717, 1.165) is 5.56 Å². The number of nitrogens with zero attached hydrogens (tertiary/aromatic N) is 1. The minimum atomic E-state index is -0.753. The average Bonchev–Trinajstić information content (AvgIpc) is 2.85.